The summed E-state index contributed by atoms with van der Waals surface area (Å²) in [7, 11) is 0. The van der Waals surface area contributed by atoms with Crippen LogP contribution >= 0.6 is 0 Å². The zero-order chi connectivity index (χ0) is 11.5. The fraction of sp³-hybridized carbons (Fsp3) is 0.643. The molecule has 0 aliphatic heterocycles. The van der Waals surface area contributed by atoms with Gasteiger partial charge in [-0.2, -0.15) is 0 Å². The molecule has 2 atom stereocenters. The molecular formula is C14H23O. The standard InChI is InChI=1S/C14H23O/c1-4-8-13(2)10-7-11-14(3)9-5-6-12-15/h5,7,9-10,13-14H,4,6,8,11H2,1-3H3/b9-5+,10-7+. The Morgan fingerprint density at radius 1 is 1.13 bits per heavy atom. The third kappa shape index (κ3) is 9.45. The predicted molar refractivity (Wildman–Crippen MR) is 66.4 cm³/mol. The maximum Gasteiger partial charge on any atom is 0.202 e. The van der Waals surface area contributed by atoms with E-state index in [0.29, 0.717) is 18.3 Å². The minimum atomic E-state index is 0.417. The van der Waals surface area contributed by atoms with Crippen LogP contribution in [0.25, 0.3) is 0 Å². The molecular weight excluding hydrogens is 184 g/mol. The van der Waals surface area contributed by atoms with Gasteiger partial charge in [-0.25, -0.2) is 0 Å². The van der Waals surface area contributed by atoms with Crippen LogP contribution in [0.2, 0.25) is 0 Å². The van der Waals surface area contributed by atoms with E-state index in [1.165, 1.54) is 12.8 Å². The van der Waals surface area contributed by atoms with E-state index < -0.39 is 0 Å². The zero-order valence-electron chi connectivity index (χ0n) is 10.2. The van der Waals surface area contributed by atoms with Crippen LogP contribution in [-0.4, -0.2) is 6.29 Å². The molecule has 0 heterocycles. The zero-order valence-corrected chi connectivity index (χ0v) is 10.2. The quantitative estimate of drug-likeness (QED) is 0.548. The van der Waals surface area contributed by atoms with Crippen molar-refractivity contribution >= 4 is 6.29 Å². The number of hydrogen-bond donors (Lipinski definition) is 0. The number of hydrogen-bond acceptors (Lipinski definition) is 1. The van der Waals surface area contributed by atoms with Gasteiger partial charge in [0.2, 0.25) is 6.29 Å². The molecule has 0 N–H and O–H groups in total. The maximum atomic E-state index is 9.97. The Hall–Kier alpha value is -0.850. The Bertz CT molecular complexity index is 203. The van der Waals surface area contributed by atoms with Crippen LogP contribution in [0, 0.1) is 11.8 Å². The van der Waals surface area contributed by atoms with Gasteiger partial charge < -0.3 is 0 Å². The molecule has 0 amide bonds. The molecule has 0 fully saturated rings. The van der Waals surface area contributed by atoms with Gasteiger partial charge in [0.05, 0.1) is 0 Å². The van der Waals surface area contributed by atoms with E-state index in [2.05, 4.69) is 39.0 Å². The topological polar surface area (TPSA) is 17.1 Å². The SMILES string of the molecule is CCCC(C)/C=C/CC(C)/C=C/C[C]=O. The molecule has 15 heavy (non-hydrogen) atoms. The number of rotatable bonds is 8. The Balaban J connectivity index is 3.68. The van der Waals surface area contributed by atoms with Crippen molar-refractivity contribution in [2.24, 2.45) is 11.8 Å². The van der Waals surface area contributed by atoms with Crippen LogP contribution in [0.15, 0.2) is 24.3 Å². The molecule has 0 aliphatic rings. The highest BCUT2D eigenvalue weighted by molar-refractivity contribution is 5.52. The highest BCUT2D eigenvalue weighted by Crippen LogP contribution is 2.10. The van der Waals surface area contributed by atoms with Crippen molar-refractivity contribution in [2.75, 3.05) is 0 Å². The van der Waals surface area contributed by atoms with Crippen LogP contribution in [0.5, 0.6) is 0 Å². The third-order valence-corrected chi connectivity index (χ3v) is 2.38. The summed E-state index contributed by atoms with van der Waals surface area (Å²) in [4.78, 5) is 9.97. The van der Waals surface area contributed by atoms with Crippen molar-refractivity contribution in [3.05, 3.63) is 24.3 Å². The van der Waals surface area contributed by atoms with E-state index in [1.54, 1.807) is 0 Å². The molecule has 1 heteroatoms. The van der Waals surface area contributed by atoms with Crippen molar-refractivity contribution in [3.63, 3.8) is 0 Å². The number of carbonyl (C=O) groups excluding carboxylic acids is 1. The lowest BCUT2D eigenvalue weighted by Gasteiger charge is -2.04. The Morgan fingerprint density at radius 3 is 2.40 bits per heavy atom. The minimum Gasteiger partial charge on any atom is -0.291 e. The van der Waals surface area contributed by atoms with Gasteiger partial charge in [-0.3, -0.25) is 4.79 Å². The smallest absolute Gasteiger partial charge is 0.202 e. The molecule has 0 aromatic carbocycles. The maximum absolute atomic E-state index is 9.97. The molecule has 0 rings (SSSR count). The van der Waals surface area contributed by atoms with Crippen molar-refractivity contribution in [2.45, 2.75) is 46.5 Å². The van der Waals surface area contributed by atoms with Gasteiger partial charge in [-0.1, -0.05) is 51.5 Å². The van der Waals surface area contributed by atoms with E-state index in [-0.39, 0.29) is 0 Å². The van der Waals surface area contributed by atoms with E-state index in [0.717, 1.165) is 6.42 Å². The summed E-state index contributed by atoms with van der Waals surface area (Å²) in [6.45, 7) is 6.63. The molecule has 0 spiro atoms. The molecule has 0 saturated heterocycles. The molecule has 0 aromatic rings. The molecule has 0 saturated carbocycles. The van der Waals surface area contributed by atoms with Crippen LogP contribution in [0.1, 0.15) is 46.5 Å². The van der Waals surface area contributed by atoms with Crippen LogP contribution < -0.4 is 0 Å². The monoisotopic (exact) mass is 207 g/mol. The van der Waals surface area contributed by atoms with Gasteiger partial charge >= 0.3 is 0 Å². The lowest BCUT2D eigenvalue weighted by atomic mass is 10.0. The van der Waals surface area contributed by atoms with Gasteiger partial charge in [-0.15, -0.1) is 0 Å². The summed E-state index contributed by atoms with van der Waals surface area (Å²) >= 11 is 0. The highest BCUT2D eigenvalue weighted by Gasteiger charge is 1.95. The molecule has 0 bridgehead atoms. The average Bonchev–Trinajstić information content (AvgIpc) is 2.18. The minimum absolute atomic E-state index is 0.417. The first-order valence-corrected chi connectivity index (χ1v) is 5.89. The average molecular weight is 207 g/mol. The molecule has 0 aromatic heterocycles. The second-order valence-corrected chi connectivity index (χ2v) is 4.18. The van der Waals surface area contributed by atoms with Crippen molar-refractivity contribution in [3.8, 4) is 0 Å². The third-order valence-electron chi connectivity index (χ3n) is 2.38. The van der Waals surface area contributed by atoms with Crippen LogP contribution in [0.4, 0.5) is 0 Å². The Morgan fingerprint density at radius 2 is 1.80 bits per heavy atom. The highest BCUT2D eigenvalue weighted by atomic mass is 16.1. The van der Waals surface area contributed by atoms with E-state index >= 15 is 0 Å². The second kappa shape index (κ2) is 9.70. The lowest BCUT2D eigenvalue weighted by Crippen LogP contribution is -1.90. The summed E-state index contributed by atoms with van der Waals surface area (Å²) in [6, 6.07) is 0. The summed E-state index contributed by atoms with van der Waals surface area (Å²) in [5, 5.41) is 0. The van der Waals surface area contributed by atoms with Crippen LogP contribution in [0.3, 0.4) is 0 Å². The molecule has 1 radical (unpaired) electrons. The van der Waals surface area contributed by atoms with E-state index in [1.807, 2.05) is 12.4 Å². The summed E-state index contributed by atoms with van der Waals surface area (Å²) in [6.07, 6.45) is 14.4. The van der Waals surface area contributed by atoms with Crippen molar-refractivity contribution in [1.29, 1.82) is 0 Å². The molecule has 0 aliphatic carbocycles. The van der Waals surface area contributed by atoms with Crippen LogP contribution in [-0.2, 0) is 4.79 Å². The first-order chi connectivity index (χ1) is 7.20. The molecule has 1 nitrogen and oxygen atoms in total. The second-order valence-electron chi connectivity index (χ2n) is 4.18. The van der Waals surface area contributed by atoms with E-state index in [4.69, 9.17) is 0 Å². The number of allylic oxidation sites excluding steroid dienone is 4. The lowest BCUT2D eigenvalue weighted by molar-refractivity contribution is 0.556. The first-order valence-electron chi connectivity index (χ1n) is 5.89. The summed E-state index contributed by atoms with van der Waals surface area (Å²) < 4.78 is 0. The van der Waals surface area contributed by atoms with Crippen molar-refractivity contribution in [1.82, 2.24) is 0 Å². The molecule has 2 unspecified atom stereocenters. The Kier molecular flexibility index (Phi) is 9.15. The van der Waals surface area contributed by atoms with Gasteiger partial charge in [0.15, 0.2) is 0 Å². The summed E-state index contributed by atoms with van der Waals surface area (Å²) in [5.74, 6) is 1.21. The largest absolute Gasteiger partial charge is 0.291 e. The Labute approximate surface area is 94.3 Å². The van der Waals surface area contributed by atoms with Gasteiger partial charge in [0, 0.05) is 6.42 Å². The predicted octanol–water partition coefficient (Wildman–Crippen LogP) is 4.06. The van der Waals surface area contributed by atoms with Gasteiger partial charge in [-0.05, 0) is 24.7 Å². The molecule has 85 valence electrons. The fourth-order valence-corrected chi connectivity index (χ4v) is 1.50. The van der Waals surface area contributed by atoms with E-state index in [9.17, 15) is 4.79 Å². The fourth-order valence-electron chi connectivity index (χ4n) is 1.50. The van der Waals surface area contributed by atoms with Gasteiger partial charge in [0.1, 0.15) is 0 Å². The normalized spacial score (nSPS) is 15.9. The van der Waals surface area contributed by atoms with Gasteiger partial charge in [0.25, 0.3) is 0 Å². The first kappa shape index (κ1) is 14.2. The van der Waals surface area contributed by atoms with Crippen molar-refractivity contribution < 1.29 is 4.79 Å². The summed E-state index contributed by atoms with van der Waals surface area (Å²) in [5.41, 5.74) is 0.